The molecule has 116 valence electrons. The van der Waals surface area contributed by atoms with Gasteiger partial charge in [-0.25, -0.2) is 0 Å². The van der Waals surface area contributed by atoms with Crippen molar-refractivity contribution in [2.45, 2.75) is 95.5 Å². The first-order chi connectivity index (χ1) is 9.78. The van der Waals surface area contributed by atoms with Crippen LogP contribution >= 0.6 is 0 Å². The van der Waals surface area contributed by atoms with E-state index in [0.717, 1.165) is 30.8 Å². The van der Waals surface area contributed by atoms with Crippen LogP contribution in [0.15, 0.2) is 0 Å². The van der Waals surface area contributed by atoms with Crippen LogP contribution in [0.1, 0.15) is 65.2 Å². The second kappa shape index (κ2) is 6.76. The zero-order valence-electron chi connectivity index (χ0n) is 13.3. The van der Waals surface area contributed by atoms with Crippen molar-refractivity contribution < 1.29 is 4.74 Å². The third-order valence-electron chi connectivity index (χ3n) is 5.59. The Balaban J connectivity index is 1.63. The fourth-order valence-corrected chi connectivity index (χ4v) is 4.77. The lowest BCUT2D eigenvalue weighted by molar-refractivity contribution is -0.0726. The van der Waals surface area contributed by atoms with E-state index in [4.69, 9.17) is 4.74 Å². The molecule has 0 radical (unpaired) electrons. The Hall–Kier alpha value is -0.120. The van der Waals surface area contributed by atoms with Crippen molar-refractivity contribution >= 4 is 0 Å². The molecule has 2 bridgehead atoms. The van der Waals surface area contributed by atoms with Crippen molar-refractivity contribution in [3.05, 3.63) is 0 Å². The van der Waals surface area contributed by atoms with Gasteiger partial charge in [-0.1, -0.05) is 13.3 Å². The third kappa shape index (κ3) is 3.20. The second-order valence-electron chi connectivity index (χ2n) is 7.17. The summed E-state index contributed by atoms with van der Waals surface area (Å²) in [6.45, 7) is 6.68. The Morgan fingerprint density at radius 3 is 2.40 bits per heavy atom. The number of nitrogens with one attached hydrogen (secondary N) is 1. The van der Waals surface area contributed by atoms with E-state index >= 15 is 0 Å². The minimum atomic E-state index is 0.463. The molecular formula is C17H32N2O. The average molecular weight is 280 g/mol. The molecule has 0 aliphatic carbocycles. The van der Waals surface area contributed by atoms with E-state index in [1.807, 2.05) is 0 Å². The van der Waals surface area contributed by atoms with Gasteiger partial charge in [0.1, 0.15) is 0 Å². The van der Waals surface area contributed by atoms with Gasteiger partial charge in [0.25, 0.3) is 0 Å². The minimum absolute atomic E-state index is 0.463. The summed E-state index contributed by atoms with van der Waals surface area (Å²) in [6.07, 6.45) is 11.3. The number of hydrogen-bond donors (Lipinski definition) is 1. The number of hydrogen-bond acceptors (Lipinski definition) is 3. The highest BCUT2D eigenvalue weighted by molar-refractivity contribution is 4.98. The molecule has 3 aliphatic rings. The largest absolute Gasteiger partial charge is 0.378 e. The van der Waals surface area contributed by atoms with Gasteiger partial charge >= 0.3 is 0 Å². The molecule has 3 heteroatoms. The smallest absolute Gasteiger partial charge is 0.0561 e. The molecule has 0 saturated carbocycles. The van der Waals surface area contributed by atoms with Gasteiger partial charge in [0, 0.05) is 30.8 Å². The zero-order valence-corrected chi connectivity index (χ0v) is 13.3. The highest BCUT2D eigenvalue weighted by Crippen LogP contribution is 2.38. The topological polar surface area (TPSA) is 24.5 Å². The molecule has 4 atom stereocenters. The van der Waals surface area contributed by atoms with Crippen LogP contribution in [-0.4, -0.2) is 48.3 Å². The van der Waals surface area contributed by atoms with Crippen LogP contribution in [0.25, 0.3) is 0 Å². The summed E-state index contributed by atoms with van der Waals surface area (Å²) in [5.41, 5.74) is 0. The maximum Gasteiger partial charge on any atom is 0.0561 e. The first kappa shape index (κ1) is 14.8. The van der Waals surface area contributed by atoms with Crippen LogP contribution in [0.4, 0.5) is 0 Å². The van der Waals surface area contributed by atoms with Crippen LogP contribution in [0, 0.1) is 0 Å². The monoisotopic (exact) mass is 280 g/mol. The van der Waals surface area contributed by atoms with Crippen LogP contribution in [0.2, 0.25) is 0 Å². The van der Waals surface area contributed by atoms with Gasteiger partial charge in [0.2, 0.25) is 0 Å². The number of rotatable bonds is 4. The summed E-state index contributed by atoms with van der Waals surface area (Å²) in [7, 11) is 0. The molecule has 0 aromatic heterocycles. The van der Waals surface area contributed by atoms with Gasteiger partial charge in [-0.15, -0.1) is 0 Å². The number of nitrogens with zero attached hydrogens (tertiary/aromatic N) is 1. The first-order valence-electron chi connectivity index (χ1n) is 8.90. The number of ether oxygens (including phenoxy) is 1. The molecule has 3 aliphatic heterocycles. The predicted molar refractivity (Wildman–Crippen MR) is 83.0 cm³/mol. The molecule has 3 saturated heterocycles. The lowest BCUT2D eigenvalue weighted by Gasteiger charge is -2.53. The Labute approximate surface area is 124 Å². The molecule has 0 aromatic carbocycles. The van der Waals surface area contributed by atoms with Crippen molar-refractivity contribution in [3.63, 3.8) is 0 Å². The van der Waals surface area contributed by atoms with E-state index in [-0.39, 0.29) is 0 Å². The molecule has 1 N–H and O–H groups in total. The normalized spacial score (nSPS) is 42.6. The molecule has 20 heavy (non-hydrogen) atoms. The summed E-state index contributed by atoms with van der Waals surface area (Å²) < 4.78 is 5.76. The Kier molecular flexibility index (Phi) is 5.00. The van der Waals surface area contributed by atoms with Gasteiger partial charge in [-0.2, -0.15) is 0 Å². The quantitative estimate of drug-likeness (QED) is 0.857. The summed E-state index contributed by atoms with van der Waals surface area (Å²) >= 11 is 0. The maximum atomic E-state index is 5.76. The van der Waals surface area contributed by atoms with Gasteiger partial charge < -0.3 is 10.1 Å². The second-order valence-corrected chi connectivity index (χ2v) is 7.17. The minimum Gasteiger partial charge on any atom is -0.378 e. The Bertz CT molecular complexity index is 295. The molecule has 3 fully saturated rings. The summed E-state index contributed by atoms with van der Waals surface area (Å²) in [6, 6.07) is 3.25. The summed E-state index contributed by atoms with van der Waals surface area (Å²) in [5, 5.41) is 3.78. The van der Waals surface area contributed by atoms with Crippen molar-refractivity contribution in [1.82, 2.24) is 10.2 Å². The SMILES string of the molecule is CCCNC1CC2CCCC(C1)N2C1CCOC(C)C1. The fourth-order valence-electron chi connectivity index (χ4n) is 4.77. The highest BCUT2D eigenvalue weighted by Gasteiger charge is 2.42. The van der Waals surface area contributed by atoms with E-state index in [2.05, 4.69) is 24.1 Å². The predicted octanol–water partition coefficient (Wildman–Crippen LogP) is 2.94. The lowest BCUT2D eigenvalue weighted by atomic mass is 9.79. The zero-order chi connectivity index (χ0) is 13.9. The van der Waals surface area contributed by atoms with Crippen molar-refractivity contribution in [3.8, 4) is 0 Å². The fraction of sp³-hybridized carbons (Fsp3) is 1.00. The molecule has 0 spiro atoms. The summed E-state index contributed by atoms with van der Waals surface area (Å²) in [5.74, 6) is 0. The first-order valence-corrected chi connectivity index (χ1v) is 8.90. The molecule has 3 nitrogen and oxygen atoms in total. The van der Waals surface area contributed by atoms with E-state index in [0.29, 0.717) is 6.10 Å². The van der Waals surface area contributed by atoms with E-state index in [9.17, 15) is 0 Å². The van der Waals surface area contributed by atoms with Gasteiger partial charge in [0.15, 0.2) is 0 Å². The molecule has 0 aromatic rings. The van der Waals surface area contributed by atoms with Crippen molar-refractivity contribution in [2.24, 2.45) is 0 Å². The standard InChI is InChI=1S/C17H32N2O/c1-3-8-18-14-11-15-5-4-6-16(12-14)19(15)17-7-9-20-13(2)10-17/h13-18H,3-12H2,1-2H3. The third-order valence-corrected chi connectivity index (χ3v) is 5.59. The molecule has 4 unspecified atom stereocenters. The van der Waals surface area contributed by atoms with Crippen LogP contribution in [-0.2, 0) is 4.74 Å². The molecule has 3 rings (SSSR count). The number of fused-ring (bicyclic) bond motifs is 2. The van der Waals surface area contributed by atoms with Gasteiger partial charge in [0.05, 0.1) is 6.10 Å². The molecule has 0 amide bonds. The van der Waals surface area contributed by atoms with Crippen LogP contribution < -0.4 is 5.32 Å². The Morgan fingerprint density at radius 1 is 1.05 bits per heavy atom. The highest BCUT2D eigenvalue weighted by atomic mass is 16.5. The van der Waals surface area contributed by atoms with Crippen LogP contribution in [0.5, 0.6) is 0 Å². The van der Waals surface area contributed by atoms with E-state index in [1.54, 1.807) is 0 Å². The number of piperidine rings is 2. The lowest BCUT2D eigenvalue weighted by Crippen LogP contribution is -2.60. The van der Waals surface area contributed by atoms with Crippen LogP contribution in [0.3, 0.4) is 0 Å². The maximum absolute atomic E-state index is 5.76. The summed E-state index contributed by atoms with van der Waals surface area (Å²) in [4.78, 5) is 2.92. The average Bonchev–Trinajstić information content (AvgIpc) is 2.44. The van der Waals surface area contributed by atoms with Crippen molar-refractivity contribution in [2.75, 3.05) is 13.2 Å². The van der Waals surface area contributed by atoms with Gasteiger partial charge in [-0.05, 0) is 58.4 Å². The van der Waals surface area contributed by atoms with Gasteiger partial charge in [-0.3, -0.25) is 4.90 Å². The molecule has 3 heterocycles. The van der Waals surface area contributed by atoms with Crippen molar-refractivity contribution in [1.29, 1.82) is 0 Å². The molecular weight excluding hydrogens is 248 g/mol. The van der Waals surface area contributed by atoms with E-state index in [1.165, 1.54) is 57.9 Å². The van der Waals surface area contributed by atoms with E-state index < -0.39 is 0 Å². The Morgan fingerprint density at radius 2 is 1.75 bits per heavy atom.